The molecule has 7 heteroatoms. The number of benzene rings is 2. The lowest BCUT2D eigenvalue weighted by molar-refractivity contribution is 0.425. The van der Waals surface area contributed by atoms with E-state index in [4.69, 9.17) is 23.2 Å². The van der Waals surface area contributed by atoms with Crippen LogP contribution in [0.2, 0.25) is 10.0 Å². The van der Waals surface area contributed by atoms with Gasteiger partial charge in [-0.1, -0.05) is 41.4 Å². The Hall–Kier alpha value is -1.53. The molecule has 0 saturated heterocycles. The molecule has 0 bridgehead atoms. The summed E-state index contributed by atoms with van der Waals surface area (Å²) in [6, 6.07) is 10.9. The van der Waals surface area contributed by atoms with E-state index in [1.807, 2.05) is 18.2 Å². The SMILES string of the molecule is CN(C)S(=O)(=O)c1ccc2c(c1)C1C=CCC1C(c1ccc(Cl)cc1Cl)N2. The van der Waals surface area contributed by atoms with Gasteiger partial charge in [-0.25, -0.2) is 12.7 Å². The normalized spacial score (nSPS) is 23.8. The first-order valence-corrected chi connectivity index (χ1v) is 10.9. The predicted molar refractivity (Wildman–Crippen MR) is 110 cm³/mol. The molecule has 4 rings (SSSR count). The van der Waals surface area contributed by atoms with Crippen molar-refractivity contribution in [2.24, 2.45) is 5.92 Å². The molecule has 0 radical (unpaired) electrons. The molecule has 4 nitrogen and oxygen atoms in total. The number of anilines is 1. The third-order valence-corrected chi connectivity index (χ3v) is 7.78. The summed E-state index contributed by atoms with van der Waals surface area (Å²) in [5, 5.41) is 4.83. The van der Waals surface area contributed by atoms with Gasteiger partial charge in [-0.2, -0.15) is 0 Å². The summed E-state index contributed by atoms with van der Waals surface area (Å²) in [6.07, 6.45) is 5.24. The van der Waals surface area contributed by atoms with E-state index in [9.17, 15) is 8.42 Å². The van der Waals surface area contributed by atoms with Gasteiger partial charge >= 0.3 is 0 Å². The summed E-state index contributed by atoms with van der Waals surface area (Å²) in [4.78, 5) is 0.315. The summed E-state index contributed by atoms with van der Waals surface area (Å²) in [6.45, 7) is 0. The first kappa shape index (κ1) is 18.8. The second-order valence-corrected chi connectivity index (χ2v) is 10.2. The summed E-state index contributed by atoms with van der Waals surface area (Å²) >= 11 is 12.5. The van der Waals surface area contributed by atoms with E-state index in [-0.39, 0.29) is 17.9 Å². The van der Waals surface area contributed by atoms with E-state index >= 15 is 0 Å². The van der Waals surface area contributed by atoms with Gasteiger partial charge in [0, 0.05) is 35.7 Å². The third kappa shape index (κ3) is 3.17. The molecule has 1 heterocycles. The Balaban J connectivity index is 1.79. The van der Waals surface area contributed by atoms with Gasteiger partial charge in [0.25, 0.3) is 0 Å². The number of nitrogens with zero attached hydrogens (tertiary/aromatic N) is 1. The second kappa shape index (κ2) is 6.82. The van der Waals surface area contributed by atoms with Gasteiger partial charge in [-0.15, -0.1) is 0 Å². The topological polar surface area (TPSA) is 49.4 Å². The molecule has 0 saturated carbocycles. The van der Waals surface area contributed by atoms with Gasteiger partial charge < -0.3 is 5.32 Å². The van der Waals surface area contributed by atoms with Crippen molar-refractivity contribution in [2.45, 2.75) is 23.3 Å². The summed E-state index contributed by atoms with van der Waals surface area (Å²) < 4.78 is 26.3. The molecule has 1 N–H and O–H groups in total. The van der Waals surface area contributed by atoms with Crippen LogP contribution in [-0.4, -0.2) is 26.8 Å². The van der Waals surface area contributed by atoms with E-state index in [1.54, 1.807) is 32.3 Å². The Morgan fingerprint density at radius 3 is 2.56 bits per heavy atom. The van der Waals surface area contributed by atoms with Crippen molar-refractivity contribution >= 4 is 38.9 Å². The molecule has 3 unspecified atom stereocenters. The molecule has 2 aromatic rings. The fraction of sp³-hybridized carbons (Fsp3) is 0.300. The van der Waals surface area contributed by atoms with Crippen molar-refractivity contribution in [2.75, 3.05) is 19.4 Å². The highest BCUT2D eigenvalue weighted by Crippen LogP contribution is 2.51. The Kier molecular flexibility index (Phi) is 4.75. The first-order chi connectivity index (χ1) is 12.8. The van der Waals surface area contributed by atoms with Crippen molar-refractivity contribution in [3.63, 3.8) is 0 Å². The largest absolute Gasteiger partial charge is 0.378 e. The van der Waals surface area contributed by atoms with Crippen LogP contribution in [0.4, 0.5) is 5.69 Å². The van der Waals surface area contributed by atoms with E-state index in [0.717, 1.165) is 23.2 Å². The lowest BCUT2D eigenvalue weighted by Gasteiger charge is -2.38. The van der Waals surface area contributed by atoms with E-state index in [2.05, 4.69) is 17.5 Å². The second-order valence-electron chi connectivity index (χ2n) is 7.18. The molecule has 0 amide bonds. The fourth-order valence-electron chi connectivity index (χ4n) is 4.01. The molecular weight excluding hydrogens is 403 g/mol. The lowest BCUT2D eigenvalue weighted by atomic mass is 9.77. The number of sulfonamides is 1. The molecule has 27 heavy (non-hydrogen) atoms. The highest BCUT2D eigenvalue weighted by molar-refractivity contribution is 7.89. The number of nitrogens with one attached hydrogen (secondary N) is 1. The van der Waals surface area contributed by atoms with Crippen molar-refractivity contribution in [1.29, 1.82) is 0 Å². The van der Waals surface area contributed by atoms with Crippen LogP contribution in [0, 0.1) is 5.92 Å². The number of fused-ring (bicyclic) bond motifs is 3. The van der Waals surface area contributed by atoms with Gasteiger partial charge in [-0.3, -0.25) is 0 Å². The van der Waals surface area contributed by atoms with Crippen molar-refractivity contribution < 1.29 is 8.42 Å². The monoisotopic (exact) mass is 422 g/mol. The zero-order valence-corrected chi connectivity index (χ0v) is 17.3. The van der Waals surface area contributed by atoms with Gasteiger partial charge in [-0.05, 0) is 53.8 Å². The van der Waals surface area contributed by atoms with Crippen LogP contribution in [-0.2, 0) is 10.0 Å². The zero-order valence-electron chi connectivity index (χ0n) is 15.0. The maximum Gasteiger partial charge on any atom is 0.242 e. The molecule has 0 spiro atoms. The van der Waals surface area contributed by atoms with Crippen molar-refractivity contribution in [1.82, 2.24) is 4.31 Å². The van der Waals surface area contributed by atoms with Crippen molar-refractivity contribution in [3.8, 4) is 0 Å². The summed E-state index contributed by atoms with van der Waals surface area (Å²) in [5.74, 6) is 0.420. The lowest BCUT2D eigenvalue weighted by Crippen LogP contribution is -2.30. The van der Waals surface area contributed by atoms with E-state index in [1.165, 1.54) is 4.31 Å². The Bertz CT molecular complexity index is 1030. The third-order valence-electron chi connectivity index (χ3n) is 5.41. The van der Waals surface area contributed by atoms with Crippen LogP contribution >= 0.6 is 23.2 Å². The Labute approximate surface area is 169 Å². The van der Waals surface area contributed by atoms with E-state index in [0.29, 0.717) is 14.9 Å². The maximum absolute atomic E-state index is 12.5. The molecular formula is C20H20Cl2N2O2S. The average Bonchev–Trinajstić information content (AvgIpc) is 3.11. The van der Waals surface area contributed by atoms with Crippen LogP contribution in [0.1, 0.15) is 29.5 Å². The predicted octanol–water partition coefficient (Wildman–Crippen LogP) is 5.07. The van der Waals surface area contributed by atoms with Gasteiger partial charge in [0.15, 0.2) is 0 Å². The van der Waals surface area contributed by atoms with Crippen LogP contribution in [0.3, 0.4) is 0 Å². The van der Waals surface area contributed by atoms with E-state index < -0.39 is 10.0 Å². The fourth-order valence-corrected chi connectivity index (χ4v) is 5.47. The van der Waals surface area contributed by atoms with Crippen LogP contribution < -0.4 is 5.32 Å². The smallest absolute Gasteiger partial charge is 0.242 e. The highest BCUT2D eigenvalue weighted by Gasteiger charge is 2.39. The number of allylic oxidation sites excluding steroid dienone is 2. The van der Waals surface area contributed by atoms with Crippen LogP contribution in [0.25, 0.3) is 0 Å². The Morgan fingerprint density at radius 2 is 1.85 bits per heavy atom. The molecule has 2 aliphatic rings. The average molecular weight is 423 g/mol. The maximum atomic E-state index is 12.5. The van der Waals surface area contributed by atoms with Crippen LogP contribution in [0.5, 0.6) is 0 Å². The molecule has 142 valence electrons. The number of hydrogen-bond donors (Lipinski definition) is 1. The van der Waals surface area contributed by atoms with Gasteiger partial charge in [0.05, 0.1) is 10.9 Å². The molecule has 0 aromatic heterocycles. The van der Waals surface area contributed by atoms with Gasteiger partial charge in [0.1, 0.15) is 0 Å². The minimum Gasteiger partial charge on any atom is -0.378 e. The number of hydrogen-bond acceptors (Lipinski definition) is 3. The van der Waals surface area contributed by atoms with Crippen LogP contribution in [0.15, 0.2) is 53.4 Å². The molecule has 2 aromatic carbocycles. The standard InChI is InChI=1S/C20H20Cl2N2O2S/c1-24(2)27(25,26)13-7-9-19-17(11-13)14-4-3-5-15(14)20(23-19)16-8-6-12(21)10-18(16)22/h3-4,6-11,14-15,20,23H,5H2,1-2H3. The first-order valence-electron chi connectivity index (χ1n) is 8.73. The Morgan fingerprint density at radius 1 is 1.07 bits per heavy atom. The molecule has 3 atom stereocenters. The minimum absolute atomic E-state index is 0.0403. The molecule has 1 aliphatic heterocycles. The summed E-state index contributed by atoms with van der Waals surface area (Å²) in [7, 11) is -0.380. The zero-order chi connectivity index (χ0) is 19.3. The highest BCUT2D eigenvalue weighted by atomic mass is 35.5. The van der Waals surface area contributed by atoms with Crippen molar-refractivity contribution in [3.05, 3.63) is 69.7 Å². The summed E-state index contributed by atoms with van der Waals surface area (Å²) in [5.41, 5.74) is 2.96. The number of rotatable bonds is 3. The quantitative estimate of drug-likeness (QED) is 0.702. The number of halogens is 2. The van der Waals surface area contributed by atoms with Gasteiger partial charge in [0.2, 0.25) is 10.0 Å². The molecule has 1 aliphatic carbocycles. The molecule has 0 fully saturated rings. The minimum atomic E-state index is -3.47.